The lowest BCUT2D eigenvalue weighted by atomic mass is 10.0. The molecular weight excluding hydrogens is 527 g/mol. The van der Waals surface area contributed by atoms with Crippen molar-refractivity contribution in [2.45, 2.75) is 43.3 Å². The van der Waals surface area contributed by atoms with Crippen LogP contribution in [0.2, 0.25) is 15.1 Å². The van der Waals surface area contributed by atoms with Crippen LogP contribution in [0.3, 0.4) is 0 Å². The highest BCUT2D eigenvalue weighted by Crippen LogP contribution is 2.42. The molecule has 3 fully saturated rings. The van der Waals surface area contributed by atoms with Crippen molar-refractivity contribution in [1.82, 2.24) is 0 Å². The van der Waals surface area contributed by atoms with Gasteiger partial charge in [0.1, 0.15) is 24.4 Å². The molecule has 6 nitrogen and oxygen atoms in total. The molecule has 3 saturated heterocycles. The standard InChI is InChI=1S/C27H23Cl3O6/c28-18-7-1-15(2-8-18)25-31-13-21(33-25)23-24-22(34-27(36-24)17-5-11-20(30)12-6-17)14-32-26(35-23)16-3-9-19(29)10-4-16/h1-12,21-27H,13-14H2/t21-,22+,23+,24+,25?,26?,27?/m0/s1. The molecule has 0 N–H and O–H groups in total. The van der Waals surface area contributed by atoms with Crippen LogP contribution >= 0.6 is 34.8 Å². The van der Waals surface area contributed by atoms with E-state index in [-0.39, 0.29) is 12.7 Å². The van der Waals surface area contributed by atoms with E-state index in [2.05, 4.69) is 0 Å². The van der Waals surface area contributed by atoms with E-state index < -0.39 is 37.2 Å². The molecule has 0 amide bonds. The monoisotopic (exact) mass is 548 g/mol. The van der Waals surface area contributed by atoms with E-state index in [0.29, 0.717) is 21.7 Å². The van der Waals surface area contributed by atoms with Gasteiger partial charge in [0, 0.05) is 31.8 Å². The lowest BCUT2D eigenvalue weighted by molar-refractivity contribution is -0.217. The van der Waals surface area contributed by atoms with Crippen LogP contribution in [0.5, 0.6) is 0 Å². The molecule has 0 saturated carbocycles. The van der Waals surface area contributed by atoms with Gasteiger partial charge in [-0.15, -0.1) is 0 Å². The maximum Gasteiger partial charge on any atom is 0.184 e. The van der Waals surface area contributed by atoms with Crippen LogP contribution < -0.4 is 0 Å². The van der Waals surface area contributed by atoms with E-state index in [9.17, 15) is 0 Å². The van der Waals surface area contributed by atoms with Crippen LogP contribution in [0.4, 0.5) is 0 Å². The second-order valence-corrected chi connectivity index (χ2v) is 10.2. The predicted octanol–water partition coefficient (Wildman–Crippen LogP) is 6.66. The molecule has 6 rings (SSSR count). The average Bonchev–Trinajstić information content (AvgIpc) is 3.50. The number of fused-ring (bicyclic) bond motifs is 1. The molecule has 3 aliphatic rings. The maximum absolute atomic E-state index is 6.52. The Bertz CT molecular complexity index is 1170. The molecule has 3 aromatic rings. The zero-order valence-corrected chi connectivity index (χ0v) is 21.2. The second kappa shape index (κ2) is 10.6. The lowest BCUT2D eigenvalue weighted by Gasteiger charge is -2.29. The molecular formula is C27H23Cl3O6. The van der Waals surface area contributed by atoms with Gasteiger partial charge in [0.2, 0.25) is 0 Å². The maximum atomic E-state index is 6.52. The normalized spacial score (nSPS) is 32.2. The van der Waals surface area contributed by atoms with Gasteiger partial charge in [-0.25, -0.2) is 0 Å². The summed E-state index contributed by atoms with van der Waals surface area (Å²) in [6, 6.07) is 22.2. The minimum atomic E-state index is -0.641. The SMILES string of the molecule is Clc1ccc(C2OC[C@H]3OC(c4ccc(Cl)cc4)O[C@H]3[C@@H]([C@@H]3COC(c4ccc(Cl)cc4)O3)O2)cc1. The molecule has 0 spiro atoms. The third-order valence-electron chi connectivity index (χ3n) is 6.47. The molecule has 3 aromatic carbocycles. The topological polar surface area (TPSA) is 55.4 Å². The summed E-state index contributed by atoms with van der Waals surface area (Å²) in [5.74, 6) is 0. The van der Waals surface area contributed by atoms with Crippen LogP contribution in [-0.4, -0.2) is 37.6 Å². The van der Waals surface area contributed by atoms with E-state index in [1.54, 1.807) is 12.1 Å². The fourth-order valence-electron chi connectivity index (χ4n) is 4.62. The van der Waals surface area contributed by atoms with Crippen molar-refractivity contribution in [3.63, 3.8) is 0 Å². The summed E-state index contributed by atoms with van der Waals surface area (Å²) >= 11 is 18.2. The number of halogens is 3. The number of hydrogen-bond acceptors (Lipinski definition) is 6. The molecule has 0 aliphatic carbocycles. The zero-order valence-electron chi connectivity index (χ0n) is 19.0. The Morgan fingerprint density at radius 1 is 0.444 bits per heavy atom. The first-order valence-corrected chi connectivity index (χ1v) is 12.8. The van der Waals surface area contributed by atoms with E-state index in [0.717, 1.165) is 16.7 Å². The Balaban J connectivity index is 1.26. The molecule has 0 radical (unpaired) electrons. The molecule has 3 heterocycles. The van der Waals surface area contributed by atoms with Crippen LogP contribution in [0, 0.1) is 0 Å². The Morgan fingerprint density at radius 3 is 1.22 bits per heavy atom. The number of hydrogen-bond donors (Lipinski definition) is 0. The lowest BCUT2D eigenvalue weighted by Crippen LogP contribution is -2.45. The number of rotatable bonds is 4. The van der Waals surface area contributed by atoms with Crippen molar-refractivity contribution < 1.29 is 28.4 Å². The van der Waals surface area contributed by atoms with E-state index in [4.69, 9.17) is 63.2 Å². The first kappa shape index (κ1) is 24.6. The van der Waals surface area contributed by atoms with Gasteiger partial charge in [-0.1, -0.05) is 71.2 Å². The number of ether oxygens (including phenoxy) is 6. The van der Waals surface area contributed by atoms with Crippen LogP contribution in [-0.2, 0) is 28.4 Å². The van der Waals surface area contributed by atoms with Gasteiger partial charge < -0.3 is 28.4 Å². The minimum Gasteiger partial charge on any atom is -0.346 e. The summed E-state index contributed by atoms with van der Waals surface area (Å²) < 4.78 is 37.7. The highest BCUT2D eigenvalue weighted by atomic mass is 35.5. The van der Waals surface area contributed by atoms with Crippen molar-refractivity contribution in [3.05, 3.63) is 105 Å². The van der Waals surface area contributed by atoms with Crippen LogP contribution in [0.15, 0.2) is 72.8 Å². The highest BCUT2D eigenvalue weighted by Gasteiger charge is 2.50. The van der Waals surface area contributed by atoms with E-state index >= 15 is 0 Å². The Labute approximate surface area is 223 Å². The van der Waals surface area contributed by atoms with Crippen LogP contribution in [0.1, 0.15) is 35.6 Å². The van der Waals surface area contributed by atoms with Crippen molar-refractivity contribution in [2.75, 3.05) is 13.2 Å². The molecule has 7 atom stereocenters. The third kappa shape index (κ3) is 5.16. The summed E-state index contributed by atoms with van der Waals surface area (Å²) in [6.45, 7) is 0.607. The van der Waals surface area contributed by atoms with Crippen molar-refractivity contribution in [1.29, 1.82) is 0 Å². The zero-order chi connectivity index (χ0) is 24.6. The molecule has 188 valence electrons. The summed E-state index contributed by atoms with van der Waals surface area (Å²) in [7, 11) is 0. The summed E-state index contributed by atoms with van der Waals surface area (Å²) in [5, 5.41) is 1.93. The first-order chi connectivity index (χ1) is 17.5. The van der Waals surface area contributed by atoms with Gasteiger partial charge in [-0.3, -0.25) is 0 Å². The van der Waals surface area contributed by atoms with E-state index in [1.807, 2.05) is 60.7 Å². The van der Waals surface area contributed by atoms with Crippen LogP contribution in [0.25, 0.3) is 0 Å². The smallest absolute Gasteiger partial charge is 0.184 e. The van der Waals surface area contributed by atoms with E-state index in [1.165, 1.54) is 0 Å². The Kier molecular flexibility index (Phi) is 7.23. The summed E-state index contributed by atoms with van der Waals surface area (Å²) in [4.78, 5) is 0. The first-order valence-electron chi connectivity index (χ1n) is 11.6. The minimum absolute atomic E-state index is 0.284. The highest BCUT2D eigenvalue weighted by molar-refractivity contribution is 6.31. The summed E-state index contributed by atoms with van der Waals surface area (Å²) in [5.41, 5.74) is 2.58. The molecule has 0 aromatic heterocycles. The van der Waals surface area contributed by atoms with Gasteiger partial charge in [0.05, 0.1) is 13.2 Å². The van der Waals surface area contributed by atoms with Crippen molar-refractivity contribution in [2.24, 2.45) is 0 Å². The largest absolute Gasteiger partial charge is 0.346 e. The Morgan fingerprint density at radius 2 is 0.778 bits per heavy atom. The molecule has 9 heteroatoms. The second-order valence-electron chi connectivity index (χ2n) is 8.87. The molecule has 3 unspecified atom stereocenters. The molecule has 0 bridgehead atoms. The fraction of sp³-hybridized carbons (Fsp3) is 0.333. The van der Waals surface area contributed by atoms with Gasteiger partial charge in [-0.05, 0) is 36.4 Å². The van der Waals surface area contributed by atoms with Crippen molar-refractivity contribution >= 4 is 34.8 Å². The van der Waals surface area contributed by atoms with Crippen molar-refractivity contribution in [3.8, 4) is 0 Å². The quantitative estimate of drug-likeness (QED) is 0.363. The fourth-order valence-corrected chi connectivity index (χ4v) is 5.00. The Hall–Kier alpha value is -1.71. The van der Waals surface area contributed by atoms with Gasteiger partial charge >= 0.3 is 0 Å². The van der Waals surface area contributed by atoms with Gasteiger partial charge in [0.25, 0.3) is 0 Å². The van der Waals surface area contributed by atoms with Gasteiger partial charge in [0.15, 0.2) is 18.9 Å². The molecule has 3 aliphatic heterocycles. The molecule has 36 heavy (non-hydrogen) atoms. The van der Waals surface area contributed by atoms with Gasteiger partial charge in [-0.2, -0.15) is 0 Å². The third-order valence-corrected chi connectivity index (χ3v) is 7.22. The summed E-state index contributed by atoms with van der Waals surface area (Å²) in [6.07, 6.45) is -3.51. The predicted molar refractivity (Wildman–Crippen MR) is 134 cm³/mol. The number of benzene rings is 3. The average molecular weight is 550 g/mol.